The third-order valence-corrected chi connectivity index (χ3v) is 12.3. The number of para-hydroxylation sites is 2. The molecule has 0 bridgehead atoms. The van der Waals surface area contributed by atoms with Gasteiger partial charge >= 0.3 is 0 Å². The molecule has 0 atom stereocenters. The fourth-order valence-electron chi connectivity index (χ4n) is 8.54. The van der Waals surface area contributed by atoms with Gasteiger partial charge in [0.1, 0.15) is 23.3 Å². The van der Waals surface area contributed by atoms with Gasteiger partial charge in [-0.3, -0.25) is 0 Å². The molecule has 0 saturated carbocycles. The van der Waals surface area contributed by atoms with Gasteiger partial charge in [-0.15, -0.1) is 48.0 Å². The van der Waals surface area contributed by atoms with Crippen LogP contribution in [-0.2, 0) is 30.9 Å². The summed E-state index contributed by atoms with van der Waals surface area (Å²) in [7, 11) is 0. The van der Waals surface area contributed by atoms with Gasteiger partial charge < -0.3 is 19.6 Å². The molecule has 0 aliphatic carbocycles. The monoisotopic (exact) mass is 1090 g/mol. The van der Waals surface area contributed by atoms with Crippen LogP contribution >= 0.6 is 0 Å². The Labute approximate surface area is 423 Å². The number of aromatic nitrogens is 4. The zero-order valence-corrected chi connectivity index (χ0v) is 43.6. The van der Waals surface area contributed by atoms with Crippen molar-refractivity contribution in [2.24, 2.45) is 0 Å². The Hall–Kier alpha value is -6.67. The molecule has 69 heavy (non-hydrogen) atoms. The Balaban J connectivity index is 0.000000183. The summed E-state index contributed by atoms with van der Waals surface area (Å²) in [4.78, 5) is 28.3. The third kappa shape index (κ3) is 10.2. The normalized spacial score (nSPS) is 13.3. The van der Waals surface area contributed by atoms with Gasteiger partial charge in [0.2, 0.25) is 0 Å². The van der Waals surface area contributed by atoms with Crippen LogP contribution in [0.25, 0.3) is 22.3 Å². The van der Waals surface area contributed by atoms with E-state index in [2.05, 4.69) is 211 Å². The van der Waals surface area contributed by atoms with E-state index >= 15 is 0 Å². The van der Waals surface area contributed by atoms with E-state index in [0.29, 0.717) is 11.8 Å². The number of benzene rings is 6. The van der Waals surface area contributed by atoms with Crippen molar-refractivity contribution in [1.29, 1.82) is 0 Å². The van der Waals surface area contributed by atoms with Crippen molar-refractivity contribution in [3.63, 3.8) is 0 Å². The topological polar surface area (TPSA) is 64.5 Å². The predicted octanol–water partition coefficient (Wildman–Crippen LogP) is 15.5. The van der Waals surface area contributed by atoms with E-state index in [1.165, 1.54) is 33.4 Å². The molecule has 6 aromatic carbocycles. The molecule has 0 spiro atoms. The van der Waals surface area contributed by atoms with E-state index in [0.717, 1.165) is 57.4 Å². The Bertz CT molecular complexity index is 3030. The van der Waals surface area contributed by atoms with Crippen LogP contribution < -0.4 is 19.6 Å². The Kier molecular flexibility index (Phi) is 14.2. The van der Waals surface area contributed by atoms with Crippen LogP contribution in [0.15, 0.2) is 158 Å². The second-order valence-electron chi connectivity index (χ2n) is 20.1. The van der Waals surface area contributed by atoms with E-state index < -0.39 is 0 Å². The van der Waals surface area contributed by atoms with Crippen molar-refractivity contribution in [3.8, 4) is 22.3 Å². The van der Waals surface area contributed by atoms with Crippen molar-refractivity contribution >= 4 is 46.0 Å². The van der Waals surface area contributed by atoms with Gasteiger partial charge in [-0.25, -0.2) is 19.9 Å². The molecule has 0 unspecified atom stereocenters. The molecule has 8 nitrogen and oxygen atoms in total. The summed E-state index contributed by atoms with van der Waals surface area (Å²) in [6.07, 6.45) is 3.79. The van der Waals surface area contributed by atoms with E-state index in [1.54, 1.807) is 0 Å². The van der Waals surface area contributed by atoms with Gasteiger partial charge in [-0.05, 0) is 58.4 Å². The molecule has 0 amide bonds. The molecule has 2 aromatic heterocycles. The van der Waals surface area contributed by atoms with Gasteiger partial charge in [0.15, 0.2) is 0 Å². The van der Waals surface area contributed by atoms with Crippen LogP contribution in [0.3, 0.4) is 0 Å². The Morgan fingerprint density at radius 1 is 0.449 bits per heavy atom. The smallest absolute Gasteiger partial charge is 0.146 e. The van der Waals surface area contributed by atoms with Crippen molar-refractivity contribution in [2.45, 2.75) is 91.9 Å². The van der Waals surface area contributed by atoms with Crippen LogP contribution in [0.4, 0.5) is 46.0 Å². The molecule has 0 fully saturated rings. The maximum Gasteiger partial charge on any atom is 0.146 e. The quantitative estimate of drug-likeness (QED) is 0.140. The van der Waals surface area contributed by atoms with Crippen LogP contribution in [0.2, 0.25) is 0 Å². The predicted molar refractivity (Wildman–Crippen MR) is 281 cm³/mol. The Morgan fingerprint density at radius 3 is 1.23 bits per heavy atom. The molecular weight excluding hydrogens is 1020 g/mol. The first kappa shape index (κ1) is 48.8. The van der Waals surface area contributed by atoms with Gasteiger partial charge in [0.05, 0.1) is 23.8 Å². The van der Waals surface area contributed by atoms with Gasteiger partial charge in [-0.2, -0.15) is 36.4 Å². The van der Waals surface area contributed by atoms with Crippen molar-refractivity contribution in [3.05, 3.63) is 206 Å². The van der Waals surface area contributed by atoms with Crippen LogP contribution in [-0.4, -0.2) is 19.9 Å². The molecule has 1 radical (unpaired) electrons. The Morgan fingerprint density at radius 2 is 0.812 bits per heavy atom. The second kappa shape index (κ2) is 20.1. The van der Waals surface area contributed by atoms with Gasteiger partial charge in [0, 0.05) is 42.3 Å². The molecular formula is C60H60IrN8-4. The molecule has 4 heterocycles. The summed E-state index contributed by atoms with van der Waals surface area (Å²) in [5, 5.41) is 0. The van der Waals surface area contributed by atoms with Crippen molar-refractivity contribution in [1.82, 2.24) is 19.9 Å². The van der Waals surface area contributed by atoms with E-state index in [1.807, 2.05) is 60.9 Å². The molecule has 2 aliphatic rings. The minimum absolute atomic E-state index is 0. The first-order valence-corrected chi connectivity index (χ1v) is 23.6. The summed E-state index contributed by atoms with van der Waals surface area (Å²) in [6.45, 7) is 26.1. The summed E-state index contributed by atoms with van der Waals surface area (Å²) < 4.78 is 0. The first-order chi connectivity index (χ1) is 32.7. The van der Waals surface area contributed by atoms with Crippen LogP contribution in [0, 0.1) is 25.5 Å². The van der Waals surface area contributed by atoms with E-state index in [9.17, 15) is 0 Å². The fourth-order valence-corrected chi connectivity index (χ4v) is 8.54. The molecule has 0 N–H and O–H groups in total. The number of rotatable bonds is 8. The average Bonchev–Trinajstić information content (AvgIpc) is 3.93. The number of hydrogen-bond acceptors (Lipinski definition) is 8. The zero-order valence-electron chi connectivity index (χ0n) is 41.2. The number of fused-ring (bicyclic) bond motifs is 2. The molecule has 10 rings (SSSR count). The number of nitrogens with zero attached hydrogens (tertiary/aromatic N) is 8. The standard InChI is InChI=1S/2C30H30N4.Ir/c1-21(2)25-16-9-10-17-26(25)22-12-11-15-24(18-22)34-20-33(23-13-7-6-8-14-23)29-28(34)31-19-27(32-29)30(3,4)5;1-21(2)25-16-9-10-17-26(25)22-12-11-15-24(18-22)34-20-33(23-13-7-6-8-14-23)28-29(34)32-27(19-31-28)30(3,4)5;/h2*6-14,16-21H,1-5H3;/q2*-2;. The third-order valence-electron chi connectivity index (χ3n) is 12.3. The number of anilines is 8. The van der Waals surface area contributed by atoms with Crippen molar-refractivity contribution in [2.75, 3.05) is 19.6 Å². The van der Waals surface area contributed by atoms with E-state index in [4.69, 9.17) is 19.9 Å². The molecule has 2 aliphatic heterocycles. The molecule has 8 aromatic rings. The maximum atomic E-state index is 5.08. The fraction of sp³-hybridized carbons (Fsp3) is 0.233. The summed E-state index contributed by atoms with van der Waals surface area (Å²) in [6, 6.07) is 57.3. The minimum Gasteiger partial charge on any atom is -0.477 e. The summed E-state index contributed by atoms with van der Waals surface area (Å²) in [5.41, 5.74) is 13.2. The molecule has 9 heteroatoms. The largest absolute Gasteiger partial charge is 0.477 e. The summed E-state index contributed by atoms with van der Waals surface area (Å²) >= 11 is 0. The number of hydrogen-bond donors (Lipinski definition) is 0. The second-order valence-corrected chi connectivity index (χ2v) is 20.1. The minimum atomic E-state index is -0.102. The van der Waals surface area contributed by atoms with Crippen LogP contribution in [0.1, 0.15) is 104 Å². The molecule has 0 saturated heterocycles. The molecule has 353 valence electrons. The van der Waals surface area contributed by atoms with Crippen LogP contribution in [0.5, 0.6) is 0 Å². The SMILES string of the molecule is CC(C)c1ccccc1-c1cc[c-]c(N2[CH-]N(c3ccccc3)c3nc(C(C)(C)C)cnc32)c1.CC(C)c1ccccc1-c1cc[c-]c(N2[CH-]N(c3ccccc3)c3ncc(C(C)(C)C)nc32)c1.[Ir]. The van der Waals surface area contributed by atoms with Gasteiger partial charge in [-0.1, -0.05) is 154 Å². The maximum absolute atomic E-state index is 5.08. The first-order valence-electron chi connectivity index (χ1n) is 23.6. The van der Waals surface area contributed by atoms with Crippen molar-refractivity contribution < 1.29 is 20.1 Å². The van der Waals surface area contributed by atoms with E-state index in [-0.39, 0.29) is 30.9 Å². The average molecular weight is 1090 g/mol. The summed E-state index contributed by atoms with van der Waals surface area (Å²) in [5.74, 6) is 4.17. The van der Waals surface area contributed by atoms with Gasteiger partial charge in [0.25, 0.3) is 0 Å². The zero-order chi connectivity index (χ0) is 47.7.